The minimum Gasteiger partial charge on any atom is -0.354 e. The highest BCUT2D eigenvalue weighted by Gasteiger charge is 2.34. The summed E-state index contributed by atoms with van der Waals surface area (Å²) in [7, 11) is 0. The highest BCUT2D eigenvalue weighted by molar-refractivity contribution is 8.18. The van der Waals surface area contributed by atoms with E-state index in [1.165, 1.54) is 16.7 Å². The SMILES string of the molecule is O=C(CSc1ccccc1)NCCN1C(=O)SC(=Cc2ccccc2)C1=O. The van der Waals surface area contributed by atoms with Crippen LogP contribution in [0.4, 0.5) is 4.79 Å². The molecule has 7 heteroatoms. The Morgan fingerprint density at radius 3 is 2.41 bits per heavy atom. The van der Waals surface area contributed by atoms with Gasteiger partial charge in [0.1, 0.15) is 0 Å². The zero-order chi connectivity index (χ0) is 19.1. The van der Waals surface area contributed by atoms with Gasteiger partial charge in [0.25, 0.3) is 11.1 Å². The van der Waals surface area contributed by atoms with Gasteiger partial charge in [-0.1, -0.05) is 48.5 Å². The Morgan fingerprint density at radius 1 is 1.04 bits per heavy atom. The molecule has 3 amide bonds. The molecule has 1 N–H and O–H groups in total. The summed E-state index contributed by atoms with van der Waals surface area (Å²) in [5, 5.41) is 2.44. The summed E-state index contributed by atoms with van der Waals surface area (Å²) in [6, 6.07) is 19.0. The number of thioether (sulfide) groups is 2. The normalized spacial score (nSPS) is 15.4. The van der Waals surface area contributed by atoms with Crippen LogP contribution in [-0.2, 0) is 9.59 Å². The highest BCUT2D eigenvalue weighted by atomic mass is 32.2. The second kappa shape index (κ2) is 9.43. The number of carbonyl (C=O) groups excluding carboxylic acids is 3. The maximum atomic E-state index is 12.4. The molecule has 138 valence electrons. The van der Waals surface area contributed by atoms with Crippen molar-refractivity contribution in [2.75, 3.05) is 18.8 Å². The van der Waals surface area contributed by atoms with E-state index in [1.54, 1.807) is 6.08 Å². The molecule has 0 atom stereocenters. The molecule has 1 aliphatic heterocycles. The molecule has 0 aliphatic carbocycles. The first-order valence-corrected chi connectivity index (χ1v) is 10.2. The fourth-order valence-electron chi connectivity index (χ4n) is 2.42. The first-order valence-electron chi connectivity index (χ1n) is 8.38. The zero-order valence-corrected chi connectivity index (χ0v) is 16.1. The summed E-state index contributed by atoms with van der Waals surface area (Å²) in [5.74, 6) is -0.155. The second-order valence-corrected chi connectivity index (χ2v) is 7.74. The first kappa shape index (κ1) is 19.3. The molecule has 0 bridgehead atoms. The number of nitrogens with one attached hydrogen (secondary N) is 1. The van der Waals surface area contributed by atoms with Gasteiger partial charge in [0.05, 0.1) is 10.7 Å². The van der Waals surface area contributed by atoms with E-state index in [2.05, 4.69) is 5.32 Å². The lowest BCUT2D eigenvalue weighted by atomic mass is 10.2. The average Bonchev–Trinajstić information content (AvgIpc) is 2.95. The topological polar surface area (TPSA) is 66.5 Å². The molecule has 2 aromatic carbocycles. The molecule has 27 heavy (non-hydrogen) atoms. The molecular weight excluding hydrogens is 380 g/mol. The molecule has 1 heterocycles. The van der Waals surface area contributed by atoms with Gasteiger partial charge in [-0.15, -0.1) is 11.8 Å². The molecule has 0 unspecified atom stereocenters. The Morgan fingerprint density at radius 2 is 1.70 bits per heavy atom. The number of nitrogens with zero attached hydrogens (tertiary/aromatic N) is 1. The summed E-state index contributed by atoms with van der Waals surface area (Å²) in [4.78, 5) is 39.0. The number of rotatable bonds is 7. The summed E-state index contributed by atoms with van der Waals surface area (Å²) < 4.78 is 0. The maximum Gasteiger partial charge on any atom is 0.293 e. The quantitative estimate of drug-likeness (QED) is 0.570. The number of benzene rings is 2. The number of hydrogen-bond acceptors (Lipinski definition) is 5. The van der Waals surface area contributed by atoms with Gasteiger partial charge in [-0.05, 0) is 35.5 Å². The molecule has 2 aromatic rings. The zero-order valence-electron chi connectivity index (χ0n) is 14.5. The molecule has 1 saturated heterocycles. The largest absolute Gasteiger partial charge is 0.354 e. The molecule has 3 rings (SSSR count). The maximum absolute atomic E-state index is 12.4. The lowest BCUT2D eigenvalue weighted by molar-refractivity contribution is -0.123. The van der Waals surface area contributed by atoms with Crippen LogP contribution in [0, 0.1) is 0 Å². The number of carbonyl (C=O) groups is 3. The fraction of sp³-hybridized carbons (Fsp3) is 0.150. The van der Waals surface area contributed by atoms with Crippen molar-refractivity contribution in [1.29, 1.82) is 0 Å². The fourth-order valence-corrected chi connectivity index (χ4v) is 4.03. The van der Waals surface area contributed by atoms with E-state index in [0.717, 1.165) is 22.2 Å². The number of amides is 3. The predicted molar refractivity (Wildman–Crippen MR) is 109 cm³/mol. The van der Waals surface area contributed by atoms with E-state index in [1.807, 2.05) is 60.7 Å². The molecule has 1 aliphatic rings. The van der Waals surface area contributed by atoms with Crippen molar-refractivity contribution >= 4 is 46.7 Å². The van der Waals surface area contributed by atoms with Crippen molar-refractivity contribution in [2.24, 2.45) is 0 Å². The monoisotopic (exact) mass is 398 g/mol. The molecule has 0 spiro atoms. The van der Waals surface area contributed by atoms with Crippen LogP contribution in [0.25, 0.3) is 6.08 Å². The molecule has 1 fully saturated rings. The predicted octanol–water partition coefficient (Wildman–Crippen LogP) is 3.63. The molecule has 0 radical (unpaired) electrons. The van der Waals surface area contributed by atoms with Crippen molar-refractivity contribution in [3.8, 4) is 0 Å². The van der Waals surface area contributed by atoms with Gasteiger partial charge in [-0.3, -0.25) is 19.3 Å². The summed E-state index contributed by atoms with van der Waals surface area (Å²) in [6.07, 6.45) is 1.71. The molecule has 0 aromatic heterocycles. The van der Waals surface area contributed by atoms with Crippen molar-refractivity contribution in [3.63, 3.8) is 0 Å². The van der Waals surface area contributed by atoms with E-state index in [9.17, 15) is 14.4 Å². The van der Waals surface area contributed by atoms with Gasteiger partial charge in [-0.25, -0.2) is 0 Å². The van der Waals surface area contributed by atoms with Crippen LogP contribution < -0.4 is 5.32 Å². The lowest BCUT2D eigenvalue weighted by Crippen LogP contribution is -2.37. The van der Waals surface area contributed by atoms with Crippen LogP contribution in [0.1, 0.15) is 5.56 Å². The second-order valence-electron chi connectivity index (χ2n) is 5.70. The van der Waals surface area contributed by atoms with Crippen LogP contribution in [0.5, 0.6) is 0 Å². The van der Waals surface area contributed by atoms with Crippen LogP contribution >= 0.6 is 23.5 Å². The Bertz CT molecular complexity index is 854. The van der Waals surface area contributed by atoms with E-state index in [4.69, 9.17) is 0 Å². The Hall–Kier alpha value is -2.51. The third-order valence-electron chi connectivity index (χ3n) is 3.74. The molecular formula is C20H18N2O3S2. The van der Waals surface area contributed by atoms with Gasteiger partial charge in [0, 0.05) is 18.0 Å². The number of hydrogen-bond donors (Lipinski definition) is 1. The Balaban J connectivity index is 1.46. The van der Waals surface area contributed by atoms with Gasteiger partial charge in [-0.2, -0.15) is 0 Å². The molecule has 5 nitrogen and oxygen atoms in total. The van der Waals surface area contributed by atoms with Crippen LogP contribution in [0.3, 0.4) is 0 Å². The third-order valence-corrected chi connectivity index (χ3v) is 5.66. The van der Waals surface area contributed by atoms with E-state index >= 15 is 0 Å². The summed E-state index contributed by atoms with van der Waals surface area (Å²) in [6.45, 7) is 0.406. The Labute approximate surface area is 166 Å². The lowest BCUT2D eigenvalue weighted by Gasteiger charge is -2.12. The summed E-state index contributed by atoms with van der Waals surface area (Å²) >= 11 is 2.37. The Kier molecular flexibility index (Phi) is 6.73. The smallest absolute Gasteiger partial charge is 0.293 e. The van der Waals surface area contributed by atoms with Crippen molar-refractivity contribution in [1.82, 2.24) is 10.2 Å². The number of imide groups is 1. The standard InChI is InChI=1S/C20H18N2O3S2/c23-18(14-26-16-9-5-2-6-10-16)21-11-12-22-19(24)17(27-20(22)25)13-15-7-3-1-4-8-15/h1-10,13H,11-12,14H2,(H,21,23). The average molecular weight is 399 g/mol. The minimum absolute atomic E-state index is 0.129. The van der Waals surface area contributed by atoms with Crippen molar-refractivity contribution in [2.45, 2.75) is 4.90 Å². The first-order chi connectivity index (χ1) is 13.1. The minimum atomic E-state index is -0.318. The van der Waals surface area contributed by atoms with Gasteiger partial charge in [0.2, 0.25) is 5.91 Å². The van der Waals surface area contributed by atoms with E-state index < -0.39 is 0 Å². The molecule has 0 saturated carbocycles. The van der Waals surface area contributed by atoms with Gasteiger partial charge >= 0.3 is 0 Å². The highest BCUT2D eigenvalue weighted by Crippen LogP contribution is 2.31. The van der Waals surface area contributed by atoms with E-state index in [0.29, 0.717) is 10.7 Å². The van der Waals surface area contributed by atoms with Gasteiger partial charge < -0.3 is 5.32 Å². The van der Waals surface area contributed by atoms with Crippen molar-refractivity contribution < 1.29 is 14.4 Å². The van der Waals surface area contributed by atoms with Crippen LogP contribution in [-0.4, -0.2) is 40.8 Å². The van der Waals surface area contributed by atoms with Crippen LogP contribution in [0.2, 0.25) is 0 Å². The summed E-state index contributed by atoms with van der Waals surface area (Å²) in [5.41, 5.74) is 0.870. The van der Waals surface area contributed by atoms with Crippen molar-refractivity contribution in [3.05, 3.63) is 71.1 Å². The third kappa shape index (κ3) is 5.48. The van der Waals surface area contributed by atoms with Gasteiger partial charge in [0.15, 0.2) is 0 Å². The van der Waals surface area contributed by atoms with E-state index in [-0.39, 0.29) is 30.1 Å². The van der Waals surface area contributed by atoms with Crippen LogP contribution in [0.15, 0.2) is 70.5 Å².